The summed E-state index contributed by atoms with van der Waals surface area (Å²) in [6, 6.07) is 0.484. The number of halogens is 6. The fraction of sp³-hybridized carbons (Fsp3) is 0.333. The number of aromatic nitrogens is 1. The van der Waals surface area contributed by atoms with Gasteiger partial charge in [-0.2, -0.15) is 0 Å². The van der Waals surface area contributed by atoms with Crippen LogP contribution in [-0.2, 0) is 5.88 Å². The van der Waals surface area contributed by atoms with Gasteiger partial charge in [0.2, 0.25) is 5.88 Å². The molecule has 0 saturated carbocycles. The maximum absolute atomic E-state index is 12.6. The van der Waals surface area contributed by atoms with Crippen LogP contribution in [-0.4, -0.2) is 17.6 Å². The Balaban J connectivity index is 3.30. The van der Waals surface area contributed by atoms with Crippen molar-refractivity contribution in [3.8, 4) is 5.88 Å². The molecule has 1 heterocycles. The van der Waals surface area contributed by atoms with E-state index in [2.05, 4.69) is 9.72 Å². The topological polar surface area (TPSA) is 39.2 Å². The number of aldehydes is 1. The molecule has 0 bridgehead atoms. The normalized spacial score (nSPS) is 11.7. The fourth-order valence-electron chi connectivity index (χ4n) is 1.23. The highest BCUT2D eigenvalue weighted by Gasteiger charge is 2.33. The zero-order valence-corrected chi connectivity index (χ0v) is 9.23. The average Bonchev–Trinajstić information content (AvgIpc) is 2.24. The van der Waals surface area contributed by atoms with Gasteiger partial charge in [-0.15, -0.1) is 24.8 Å². The summed E-state index contributed by atoms with van der Waals surface area (Å²) in [6.07, 6.45) is -8.13. The van der Waals surface area contributed by atoms with Gasteiger partial charge < -0.3 is 4.74 Å². The molecule has 0 aliphatic heterocycles. The van der Waals surface area contributed by atoms with Crippen LogP contribution in [0.2, 0.25) is 0 Å². The zero-order chi connectivity index (χ0) is 13.9. The van der Waals surface area contributed by atoms with Crippen molar-refractivity contribution in [3.63, 3.8) is 0 Å². The molecule has 1 rings (SSSR count). The van der Waals surface area contributed by atoms with E-state index >= 15 is 0 Å². The Kier molecular flexibility index (Phi) is 4.44. The maximum Gasteiger partial charge on any atom is 0.574 e. The lowest BCUT2D eigenvalue weighted by atomic mass is 10.1. The summed E-state index contributed by atoms with van der Waals surface area (Å²) in [7, 11) is 0. The third kappa shape index (κ3) is 3.52. The van der Waals surface area contributed by atoms with Crippen molar-refractivity contribution in [3.05, 3.63) is 22.9 Å². The van der Waals surface area contributed by atoms with Crippen molar-refractivity contribution >= 4 is 17.9 Å². The summed E-state index contributed by atoms with van der Waals surface area (Å²) in [5, 5.41) is 0. The van der Waals surface area contributed by atoms with Crippen molar-refractivity contribution in [1.29, 1.82) is 0 Å². The maximum atomic E-state index is 12.6. The molecular formula is C9H5ClF5NO2. The van der Waals surface area contributed by atoms with Gasteiger partial charge in [-0.3, -0.25) is 4.79 Å². The number of ether oxygens (including phenoxy) is 1. The summed E-state index contributed by atoms with van der Waals surface area (Å²) >= 11 is 5.30. The molecule has 9 heteroatoms. The molecule has 1 aromatic rings. The van der Waals surface area contributed by atoms with Gasteiger partial charge in [0, 0.05) is 11.6 Å². The van der Waals surface area contributed by atoms with Crippen LogP contribution in [0.3, 0.4) is 0 Å². The SMILES string of the molecule is O=Cc1cc(OC(F)(F)F)nc(CCl)c1C(F)F. The van der Waals surface area contributed by atoms with Gasteiger partial charge in [-0.25, -0.2) is 13.8 Å². The fourth-order valence-corrected chi connectivity index (χ4v) is 1.43. The lowest BCUT2D eigenvalue weighted by molar-refractivity contribution is -0.276. The lowest BCUT2D eigenvalue weighted by Crippen LogP contribution is -2.19. The molecular weight excluding hydrogens is 285 g/mol. The minimum atomic E-state index is -5.04. The molecule has 0 N–H and O–H groups in total. The van der Waals surface area contributed by atoms with Crippen LogP contribution in [0.15, 0.2) is 6.07 Å². The Morgan fingerprint density at radius 2 is 2.06 bits per heavy atom. The Morgan fingerprint density at radius 3 is 2.44 bits per heavy atom. The van der Waals surface area contributed by atoms with Gasteiger partial charge in [0.05, 0.1) is 17.1 Å². The number of rotatable bonds is 4. The molecule has 0 fully saturated rings. The third-order valence-corrected chi connectivity index (χ3v) is 2.09. The Bertz CT molecular complexity index is 449. The van der Waals surface area contributed by atoms with E-state index in [1.807, 2.05) is 0 Å². The Hall–Kier alpha value is -1.44. The summed E-state index contributed by atoms with van der Waals surface area (Å²) in [6.45, 7) is 0. The van der Waals surface area contributed by atoms with Crippen molar-refractivity contribution < 1.29 is 31.5 Å². The molecule has 0 unspecified atom stereocenters. The van der Waals surface area contributed by atoms with Crippen molar-refractivity contribution in [1.82, 2.24) is 4.98 Å². The van der Waals surface area contributed by atoms with E-state index in [0.717, 1.165) is 0 Å². The van der Waals surface area contributed by atoms with E-state index in [9.17, 15) is 26.7 Å². The molecule has 0 aliphatic rings. The first-order valence-electron chi connectivity index (χ1n) is 4.37. The molecule has 100 valence electrons. The van der Waals surface area contributed by atoms with E-state index < -0.39 is 41.4 Å². The van der Waals surface area contributed by atoms with Crippen molar-refractivity contribution in [2.24, 2.45) is 0 Å². The summed E-state index contributed by atoms with van der Waals surface area (Å²) in [4.78, 5) is 13.8. The minimum Gasteiger partial charge on any atom is -0.388 e. The second-order valence-corrected chi connectivity index (χ2v) is 3.28. The number of carbonyl (C=O) groups is 1. The number of pyridine rings is 1. The average molecular weight is 290 g/mol. The van der Waals surface area contributed by atoms with E-state index in [-0.39, 0.29) is 6.29 Å². The second kappa shape index (κ2) is 5.47. The molecule has 0 amide bonds. The highest BCUT2D eigenvalue weighted by Crippen LogP contribution is 2.30. The number of alkyl halides is 6. The van der Waals surface area contributed by atoms with Gasteiger partial charge in [-0.05, 0) is 0 Å². The number of carbonyl (C=O) groups excluding carboxylic acids is 1. The molecule has 0 spiro atoms. The summed E-state index contributed by atoms with van der Waals surface area (Å²) in [5.74, 6) is -1.58. The molecule has 0 atom stereocenters. The zero-order valence-electron chi connectivity index (χ0n) is 8.47. The second-order valence-electron chi connectivity index (χ2n) is 3.01. The highest BCUT2D eigenvalue weighted by molar-refractivity contribution is 6.17. The van der Waals surface area contributed by atoms with E-state index in [1.54, 1.807) is 0 Å². The van der Waals surface area contributed by atoms with Crippen molar-refractivity contribution in [2.45, 2.75) is 18.7 Å². The molecule has 0 aliphatic carbocycles. The van der Waals surface area contributed by atoms with Gasteiger partial charge >= 0.3 is 6.36 Å². The van der Waals surface area contributed by atoms with Crippen LogP contribution < -0.4 is 4.74 Å². The van der Waals surface area contributed by atoms with Crippen LogP contribution in [0.25, 0.3) is 0 Å². The van der Waals surface area contributed by atoms with E-state index in [4.69, 9.17) is 11.6 Å². The first-order valence-corrected chi connectivity index (χ1v) is 4.90. The van der Waals surface area contributed by atoms with E-state index in [1.165, 1.54) is 0 Å². The van der Waals surface area contributed by atoms with Crippen LogP contribution >= 0.6 is 11.6 Å². The number of hydrogen-bond donors (Lipinski definition) is 0. The predicted octanol–water partition coefficient (Wildman–Crippen LogP) is 3.47. The third-order valence-electron chi connectivity index (χ3n) is 1.84. The molecule has 1 aromatic heterocycles. The quantitative estimate of drug-likeness (QED) is 0.484. The monoisotopic (exact) mass is 289 g/mol. The predicted molar refractivity (Wildman–Crippen MR) is 50.8 cm³/mol. The van der Waals surface area contributed by atoms with Gasteiger partial charge in [0.25, 0.3) is 6.43 Å². The van der Waals surface area contributed by atoms with Crippen LogP contribution in [0.1, 0.15) is 28.0 Å². The van der Waals surface area contributed by atoms with Crippen LogP contribution in [0.5, 0.6) is 5.88 Å². The van der Waals surface area contributed by atoms with Crippen LogP contribution in [0, 0.1) is 0 Å². The summed E-state index contributed by atoms with van der Waals surface area (Å²) in [5.41, 5.74) is -1.97. The molecule has 0 saturated heterocycles. The van der Waals surface area contributed by atoms with E-state index in [0.29, 0.717) is 6.07 Å². The largest absolute Gasteiger partial charge is 0.574 e. The molecule has 0 aromatic carbocycles. The first-order chi connectivity index (χ1) is 8.28. The van der Waals surface area contributed by atoms with Gasteiger partial charge in [0.1, 0.15) is 0 Å². The molecule has 3 nitrogen and oxygen atoms in total. The number of hydrogen-bond acceptors (Lipinski definition) is 3. The van der Waals surface area contributed by atoms with Gasteiger partial charge in [0.15, 0.2) is 6.29 Å². The van der Waals surface area contributed by atoms with Gasteiger partial charge in [-0.1, -0.05) is 0 Å². The standard InChI is InChI=1S/C9H5ClF5NO2/c10-2-5-7(8(11)12)4(3-17)1-6(16-5)18-9(13,14)15/h1,3,8H,2H2. The first kappa shape index (κ1) is 14.6. The number of nitrogens with zero attached hydrogens (tertiary/aromatic N) is 1. The summed E-state index contributed by atoms with van der Waals surface area (Å²) < 4.78 is 64.5. The Morgan fingerprint density at radius 1 is 1.44 bits per heavy atom. The van der Waals surface area contributed by atoms with Crippen LogP contribution in [0.4, 0.5) is 22.0 Å². The molecule has 0 radical (unpaired) electrons. The smallest absolute Gasteiger partial charge is 0.388 e. The lowest BCUT2D eigenvalue weighted by Gasteiger charge is -2.13. The minimum absolute atomic E-state index is 0.0115. The highest BCUT2D eigenvalue weighted by atomic mass is 35.5. The molecule has 18 heavy (non-hydrogen) atoms. The van der Waals surface area contributed by atoms with Crippen molar-refractivity contribution in [2.75, 3.05) is 0 Å². The Labute approximate surface area is 103 Å².